The van der Waals surface area contributed by atoms with E-state index in [4.69, 9.17) is 10.5 Å². The van der Waals surface area contributed by atoms with Crippen molar-refractivity contribution in [2.45, 2.75) is 78.2 Å². The highest BCUT2D eigenvalue weighted by Crippen LogP contribution is 2.26. The Morgan fingerprint density at radius 1 is 1.42 bits per heavy atom. The second-order valence-corrected chi connectivity index (χ2v) is 6.24. The maximum Gasteiger partial charge on any atom is 0.0751 e. The first-order valence-electron chi connectivity index (χ1n) is 7.72. The van der Waals surface area contributed by atoms with Crippen molar-refractivity contribution in [2.24, 2.45) is 11.7 Å². The van der Waals surface area contributed by atoms with Gasteiger partial charge in [0, 0.05) is 18.3 Å². The van der Waals surface area contributed by atoms with Crippen LogP contribution in [0.1, 0.15) is 53.9 Å². The van der Waals surface area contributed by atoms with Crippen LogP contribution in [-0.2, 0) is 4.74 Å². The SMILES string of the molecule is C=C(CC(C)C(N)CCC)N1CC(C)OC(C)C1C. The van der Waals surface area contributed by atoms with Crippen LogP contribution >= 0.6 is 0 Å². The highest BCUT2D eigenvalue weighted by molar-refractivity contribution is 5.02. The molecule has 112 valence electrons. The van der Waals surface area contributed by atoms with Gasteiger partial charge in [0.1, 0.15) is 0 Å². The van der Waals surface area contributed by atoms with E-state index < -0.39 is 0 Å². The second-order valence-electron chi connectivity index (χ2n) is 6.24. The Morgan fingerprint density at radius 2 is 2.05 bits per heavy atom. The molecule has 0 aromatic carbocycles. The molecule has 2 N–H and O–H groups in total. The van der Waals surface area contributed by atoms with Crippen LogP contribution in [-0.4, -0.2) is 35.7 Å². The molecule has 0 bridgehead atoms. The third kappa shape index (κ3) is 4.50. The van der Waals surface area contributed by atoms with Crippen molar-refractivity contribution in [1.29, 1.82) is 0 Å². The molecule has 0 aromatic rings. The van der Waals surface area contributed by atoms with Crippen molar-refractivity contribution in [3.8, 4) is 0 Å². The van der Waals surface area contributed by atoms with Crippen LogP contribution in [0.25, 0.3) is 0 Å². The fourth-order valence-corrected chi connectivity index (χ4v) is 2.90. The summed E-state index contributed by atoms with van der Waals surface area (Å²) in [6.07, 6.45) is 3.79. The van der Waals surface area contributed by atoms with Gasteiger partial charge in [-0.15, -0.1) is 0 Å². The zero-order valence-corrected chi connectivity index (χ0v) is 13.4. The van der Waals surface area contributed by atoms with E-state index in [1.54, 1.807) is 0 Å². The van der Waals surface area contributed by atoms with Gasteiger partial charge in [0.15, 0.2) is 0 Å². The third-order valence-electron chi connectivity index (χ3n) is 4.39. The average molecular weight is 268 g/mol. The molecule has 0 radical (unpaired) electrons. The van der Waals surface area contributed by atoms with Crippen LogP contribution in [0.4, 0.5) is 0 Å². The third-order valence-corrected chi connectivity index (χ3v) is 4.39. The van der Waals surface area contributed by atoms with Crippen molar-refractivity contribution >= 4 is 0 Å². The first-order valence-corrected chi connectivity index (χ1v) is 7.72. The summed E-state index contributed by atoms with van der Waals surface area (Å²) in [5.74, 6) is 0.494. The van der Waals surface area contributed by atoms with Gasteiger partial charge in [-0.25, -0.2) is 0 Å². The van der Waals surface area contributed by atoms with Crippen LogP contribution < -0.4 is 5.73 Å². The molecule has 5 atom stereocenters. The monoisotopic (exact) mass is 268 g/mol. The fraction of sp³-hybridized carbons (Fsp3) is 0.875. The van der Waals surface area contributed by atoms with Crippen LogP contribution in [0, 0.1) is 5.92 Å². The lowest BCUT2D eigenvalue weighted by molar-refractivity contribution is -0.0889. The summed E-state index contributed by atoms with van der Waals surface area (Å²) in [5.41, 5.74) is 7.43. The van der Waals surface area contributed by atoms with E-state index in [2.05, 4.69) is 46.1 Å². The lowest BCUT2D eigenvalue weighted by Gasteiger charge is -2.44. The first kappa shape index (κ1) is 16.5. The van der Waals surface area contributed by atoms with Crippen LogP contribution in [0.5, 0.6) is 0 Å². The maximum absolute atomic E-state index is 6.21. The van der Waals surface area contributed by atoms with E-state index in [0.29, 0.717) is 12.0 Å². The van der Waals surface area contributed by atoms with Crippen molar-refractivity contribution in [1.82, 2.24) is 4.90 Å². The van der Waals surface area contributed by atoms with Gasteiger partial charge in [0.2, 0.25) is 0 Å². The molecule has 1 heterocycles. The summed E-state index contributed by atoms with van der Waals surface area (Å²) in [5, 5.41) is 0. The zero-order chi connectivity index (χ0) is 14.6. The topological polar surface area (TPSA) is 38.5 Å². The lowest BCUT2D eigenvalue weighted by Crippen LogP contribution is -2.51. The van der Waals surface area contributed by atoms with Crippen LogP contribution in [0.3, 0.4) is 0 Å². The molecule has 1 fully saturated rings. The van der Waals surface area contributed by atoms with Crippen molar-refractivity contribution in [2.75, 3.05) is 6.54 Å². The number of rotatable bonds is 6. The van der Waals surface area contributed by atoms with E-state index in [1.165, 1.54) is 5.70 Å². The summed E-state index contributed by atoms with van der Waals surface area (Å²) >= 11 is 0. The van der Waals surface area contributed by atoms with Crippen molar-refractivity contribution < 1.29 is 4.74 Å². The minimum absolute atomic E-state index is 0.264. The molecule has 1 aliphatic heterocycles. The molecule has 0 saturated carbocycles. The molecule has 1 rings (SSSR count). The number of morpholine rings is 1. The smallest absolute Gasteiger partial charge is 0.0751 e. The average Bonchev–Trinajstić information content (AvgIpc) is 2.33. The van der Waals surface area contributed by atoms with Crippen LogP contribution in [0.15, 0.2) is 12.3 Å². The summed E-state index contributed by atoms with van der Waals surface area (Å²) in [6, 6.07) is 0.686. The van der Waals surface area contributed by atoms with Gasteiger partial charge in [0.25, 0.3) is 0 Å². The Labute approximate surface area is 119 Å². The predicted octanol–water partition coefficient (Wildman–Crippen LogP) is 3.15. The summed E-state index contributed by atoms with van der Waals surface area (Å²) in [7, 11) is 0. The molecule has 1 saturated heterocycles. The van der Waals surface area contributed by atoms with E-state index in [-0.39, 0.29) is 18.2 Å². The minimum Gasteiger partial charge on any atom is -0.372 e. The number of nitrogens with zero attached hydrogens (tertiary/aromatic N) is 1. The Bertz CT molecular complexity index is 292. The molecule has 0 amide bonds. The summed E-state index contributed by atoms with van der Waals surface area (Å²) in [6.45, 7) is 16.2. The van der Waals surface area contributed by atoms with Gasteiger partial charge in [-0.1, -0.05) is 26.8 Å². The Balaban J connectivity index is 2.56. The van der Waals surface area contributed by atoms with Gasteiger partial charge in [0.05, 0.1) is 18.2 Å². The maximum atomic E-state index is 6.21. The van der Waals surface area contributed by atoms with Gasteiger partial charge in [-0.2, -0.15) is 0 Å². The minimum atomic E-state index is 0.264. The van der Waals surface area contributed by atoms with E-state index >= 15 is 0 Å². The molecule has 0 aromatic heterocycles. The number of allylic oxidation sites excluding steroid dienone is 1. The standard InChI is InChI=1S/C16H32N2O/c1-7-8-16(17)11(2)9-12(3)18-10-13(4)19-15(6)14(18)5/h11,13-16H,3,7-10,17H2,1-2,4-6H3. The predicted molar refractivity (Wildman–Crippen MR) is 82.0 cm³/mol. The molecule has 19 heavy (non-hydrogen) atoms. The molecule has 5 unspecified atom stereocenters. The van der Waals surface area contributed by atoms with Crippen molar-refractivity contribution in [3.63, 3.8) is 0 Å². The number of nitrogens with two attached hydrogens (primary N) is 1. The Morgan fingerprint density at radius 3 is 2.63 bits per heavy atom. The second kappa shape index (κ2) is 7.30. The first-order chi connectivity index (χ1) is 8.86. The molecule has 0 aliphatic carbocycles. The lowest BCUT2D eigenvalue weighted by atomic mass is 9.93. The highest BCUT2D eigenvalue weighted by Gasteiger charge is 2.30. The number of hydrogen-bond donors (Lipinski definition) is 1. The summed E-state index contributed by atoms with van der Waals surface area (Å²) in [4.78, 5) is 2.41. The normalized spacial score (nSPS) is 31.1. The largest absolute Gasteiger partial charge is 0.372 e. The van der Waals surface area contributed by atoms with Crippen molar-refractivity contribution in [3.05, 3.63) is 12.3 Å². The van der Waals surface area contributed by atoms with Gasteiger partial charge >= 0.3 is 0 Å². The molecular weight excluding hydrogens is 236 g/mol. The molecule has 0 spiro atoms. The molecule has 1 aliphatic rings. The zero-order valence-electron chi connectivity index (χ0n) is 13.4. The van der Waals surface area contributed by atoms with E-state index in [1.807, 2.05) is 0 Å². The van der Waals surface area contributed by atoms with Crippen LogP contribution in [0.2, 0.25) is 0 Å². The Kier molecular flexibility index (Phi) is 6.34. The molecule has 3 nitrogen and oxygen atoms in total. The highest BCUT2D eigenvalue weighted by atomic mass is 16.5. The number of ether oxygens (including phenoxy) is 1. The summed E-state index contributed by atoms with van der Waals surface area (Å²) < 4.78 is 5.86. The van der Waals surface area contributed by atoms with Gasteiger partial charge < -0.3 is 15.4 Å². The van der Waals surface area contributed by atoms with Gasteiger partial charge in [-0.3, -0.25) is 0 Å². The van der Waals surface area contributed by atoms with E-state index in [9.17, 15) is 0 Å². The quantitative estimate of drug-likeness (QED) is 0.804. The number of hydrogen-bond acceptors (Lipinski definition) is 3. The fourth-order valence-electron chi connectivity index (χ4n) is 2.90. The molecule has 3 heteroatoms. The van der Waals surface area contributed by atoms with Gasteiger partial charge in [-0.05, 0) is 39.5 Å². The van der Waals surface area contributed by atoms with E-state index in [0.717, 1.165) is 25.8 Å². The molecular formula is C16H32N2O. The Hall–Kier alpha value is -0.540.